The fourth-order valence-electron chi connectivity index (χ4n) is 1.17. The van der Waals surface area contributed by atoms with Gasteiger partial charge in [0.25, 0.3) is 0 Å². The highest BCUT2D eigenvalue weighted by Crippen LogP contribution is 2.07. The Bertz CT molecular complexity index is 406. The van der Waals surface area contributed by atoms with Gasteiger partial charge in [0.1, 0.15) is 0 Å². The van der Waals surface area contributed by atoms with Crippen LogP contribution in [0.2, 0.25) is 0 Å². The molecule has 0 saturated carbocycles. The molecule has 0 bridgehead atoms. The van der Waals surface area contributed by atoms with Crippen molar-refractivity contribution in [3.8, 4) is 0 Å². The van der Waals surface area contributed by atoms with Gasteiger partial charge in [0, 0.05) is 6.20 Å². The van der Waals surface area contributed by atoms with Crippen molar-refractivity contribution >= 4 is 17.5 Å². The Morgan fingerprint density at radius 1 is 1.50 bits per heavy atom. The number of aryl methyl sites for hydroxylation is 1. The molecule has 86 valence electrons. The number of rotatable bonds is 4. The summed E-state index contributed by atoms with van der Waals surface area (Å²) in [7, 11) is 0. The quantitative estimate of drug-likeness (QED) is 0.639. The molecule has 1 atom stereocenters. The monoisotopic (exact) mass is 222 g/mol. The van der Waals surface area contributed by atoms with Crippen LogP contribution in [0.25, 0.3) is 0 Å². The van der Waals surface area contributed by atoms with Gasteiger partial charge in [0.2, 0.25) is 11.8 Å². The van der Waals surface area contributed by atoms with Gasteiger partial charge in [-0.05, 0) is 18.6 Å². The average molecular weight is 222 g/mol. The Kier molecular flexibility index (Phi) is 3.96. The number of carbonyl (C=O) groups is 2. The van der Waals surface area contributed by atoms with Crippen LogP contribution in [0, 0.1) is 6.92 Å². The van der Waals surface area contributed by atoms with E-state index in [0.29, 0.717) is 5.69 Å². The maximum absolute atomic E-state index is 11.5. The van der Waals surface area contributed by atoms with Crippen LogP contribution in [0.5, 0.6) is 0 Å². The van der Waals surface area contributed by atoms with Crippen LogP contribution in [0.15, 0.2) is 18.5 Å². The maximum atomic E-state index is 11.5. The van der Waals surface area contributed by atoms with Crippen LogP contribution in [0.1, 0.15) is 12.0 Å². The number of primary amides is 1. The molecule has 2 amide bonds. The minimum absolute atomic E-state index is 0.176. The molecule has 1 unspecified atom stereocenters. The number of pyridine rings is 1. The zero-order chi connectivity index (χ0) is 12.1. The van der Waals surface area contributed by atoms with Crippen LogP contribution in [0.4, 0.5) is 5.69 Å². The number of hydrogen-bond donors (Lipinski definition) is 3. The van der Waals surface area contributed by atoms with Gasteiger partial charge in [-0.15, -0.1) is 0 Å². The van der Waals surface area contributed by atoms with Gasteiger partial charge >= 0.3 is 0 Å². The smallest absolute Gasteiger partial charge is 0.241 e. The molecule has 0 aliphatic heterocycles. The SMILES string of the molecule is Cc1cncc(NC(=O)C(N)CC(N)=O)c1. The molecule has 16 heavy (non-hydrogen) atoms. The van der Waals surface area contributed by atoms with E-state index in [4.69, 9.17) is 11.5 Å². The summed E-state index contributed by atoms with van der Waals surface area (Å²) in [5.41, 5.74) is 11.9. The van der Waals surface area contributed by atoms with Gasteiger partial charge in [-0.1, -0.05) is 0 Å². The molecule has 1 rings (SSSR count). The normalized spacial score (nSPS) is 11.9. The molecule has 6 heteroatoms. The van der Waals surface area contributed by atoms with E-state index in [1.165, 1.54) is 6.20 Å². The summed E-state index contributed by atoms with van der Waals surface area (Å²) in [6, 6.07) is 0.819. The molecule has 0 saturated heterocycles. The molecular weight excluding hydrogens is 208 g/mol. The molecule has 1 aromatic heterocycles. The summed E-state index contributed by atoms with van der Waals surface area (Å²) < 4.78 is 0. The predicted octanol–water partition coefficient (Wildman–Crippen LogP) is -0.469. The maximum Gasteiger partial charge on any atom is 0.241 e. The third-order valence-corrected chi connectivity index (χ3v) is 1.90. The first kappa shape index (κ1) is 12.1. The van der Waals surface area contributed by atoms with E-state index in [9.17, 15) is 9.59 Å². The largest absolute Gasteiger partial charge is 0.370 e. The van der Waals surface area contributed by atoms with Gasteiger partial charge in [0.15, 0.2) is 0 Å². The highest BCUT2D eigenvalue weighted by Gasteiger charge is 2.15. The molecule has 0 spiro atoms. The fraction of sp³-hybridized carbons (Fsp3) is 0.300. The van der Waals surface area contributed by atoms with Crippen LogP contribution >= 0.6 is 0 Å². The summed E-state index contributed by atoms with van der Waals surface area (Å²) in [6.07, 6.45) is 2.99. The second-order valence-corrected chi connectivity index (χ2v) is 3.52. The summed E-state index contributed by atoms with van der Waals surface area (Å²) in [5.74, 6) is -1.06. The third kappa shape index (κ3) is 3.66. The molecular formula is C10H14N4O2. The average Bonchev–Trinajstić information content (AvgIpc) is 2.16. The number of carbonyl (C=O) groups excluding carboxylic acids is 2. The number of anilines is 1. The van der Waals surface area contributed by atoms with Crippen molar-refractivity contribution in [1.29, 1.82) is 0 Å². The van der Waals surface area contributed by atoms with E-state index in [1.54, 1.807) is 12.3 Å². The molecule has 0 fully saturated rings. The summed E-state index contributed by atoms with van der Waals surface area (Å²) in [5, 5.41) is 2.55. The molecule has 0 aliphatic rings. The minimum Gasteiger partial charge on any atom is -0.370 e. The standard InChI is InChI=1S/C10H14N4O2/c1-6-2-7(5-13-4-6)14-10(16)8(11)3-9(12)15/h2,4-5,8H,3,11H2,1H3,(H2,12,15)(H,14,16). The van der Waals surface area contributed by atoms with Crippen LogP contribution in [0.3, 0.4) is 0 Å². The van der Waals surface area contributed by atoms with Crippen molar-refractivity contribution in [2.75, 3.05) is 5.32 Å². The molecule has 1 heterocycles. The highest BCUT2D eigenvalue weighted by atomic mass is 16.2. The van der Waals surface area contributed by atoms with E-state index in [-0.39, 0.29) is 6.42 Å². The second-order valence-electron chi connectivity index (χ2n) is 3.52. The molecule has 6 nitrogen and oxygen atoms in total. The molecule has 5 N–H and O–H groups in total. The summed E-state index contributed by atoms with van der Waals surface area (Å²) in [6.45, 7) is 1.85. The Labute approximate surface area is 93.0 Å². The number of nitrogens with zero attached hydrogens (tertiary/aromatic N) is 1. The van der Waals surface area contributed by atoms with Gasteiger partial charge in [-0.25, -0.2) is 0 Å². The second kappa shape index (κ2) is 5.22. The lowest BCUT2D eigenvalue weighted by molar-refractivity contribution is -0.123. The van der Waals surface area contributed by atoms with Crippen molar-refractivity contribution < 1.29 is 9.59 Å². The van der Waals surface area contributed by atoms with Crippen molar-refractivity contribution in [2.24, 2.45) is 11.5 Å². The molecule has 0 aliphatic carbocycles. The van der Waals surface area contributed by atoms with Crippen molar-refractivity contribution in [1.82, 2.24) is 4.98 Å². The zero-order valence-electron chi connectivity index (χ0n) is 8.93. The fourth-order valence-corrected chi connectivity index (χ4v) is 1.17. The number of hydrogen-bond acceptors (Lipinski definition) is 4. The minimum atomic E-state index is -0.932. The Hall–Kier alpha value is -1.95. The number of aromatic nitrogens is 1. The van der Waals surface area contributed by atoms with Crippen molar-refractivity contribution in [2.45, 2.75) is 19.4 Å². The van der Waals surface area contributed by atoms with E-state index in [0.717, 1.165) is 5.56 Å². The zero-order valence-corrected chi connectivity index (χ0v) is 8.93. The lowest BCUT2D eigenvalue weighted by atomic mass is 10.2. The lowest BCUT2D eigenvalue weighted by Gasteiger charge is -2.10. The molecule has 0 radical (unpaired) electrons. The van der Waals surface area contributed by atoms with E-state index < -0.39 is 17.9 Å². The first-order chi connectivity index (χ1) is 7.49. The topological polar surface area (TPSA) is 111 Å². The van der Waals surface area contributed by atoms with Crippen molar-refractivity contribution in [3.63, 3.8) is 0 Å². The number of nitrogens with two attached hydrogens (primary N) is 2. The Balaban J connectivity index is 2.60. The van der Waals surface area contributed by atoms with Gasteiger partial charge in [0.05, 0.1) is 24.3 Å². The van der Waals surface area contributed by atoms with Gasteiger partial charge in [-0.2, -0.15) is 0 Å². The Morgan fingerprint density at radius 3 is 2.75 bits per heavy atom. The first-order valence-corrected chi connectivity index (χ1v) is 4.75. The van der Waals surface area contributed by atoms with Crippen molar-refractivity contribution in [3.05, 3.63) is 24.0 Å². The third-order valence-electron chi connectivity index (χ3n) is 1.90. The van der Waals surface area contributed by atoms with E-state index in [1.807, 2.05) is 6.92 Å². The summed E-state index contributed by atoms with van der Waals surface area (Å²) >= 11 is 0. The van der Waals surface area contributed by atoms with E-state index in [2.05, 4.69) is 10.3 Å². The highest BCUT2D eigenvalue weighted by molar-refractivity contribution is 5.97. The van der Waals surface area contributed by atoms with Gasteiger partial charge in [-0.3, -0.25) is 14.6 Å². The summed E-state index contributed by atoms with van der Waals surface area (Å²) in [4.78, 5) is 26.0. The van der Waals surface area contributed by atoms with Crippen LogP contribution in [-0.2, 0) is 9.59 Å². The van der Waals surface area contributed by atoms with Crippen LogP contribution in [-0.4, -0.2) is 22.8 Å². The number of amides is 2. The molecule has 0 aromatic carbocycles. The van der Waals surface area contributed by atoms with Gasteiger partial charge < -0.3 is 16.8 Å². The Morgan fingerprint density at radius 2 is 2.19 bits per heavy atom. The molecule has 1 aromatic rings. The lowest BCUT2D eigenvalue weighted by Crippen LogP contribution is -2.39. The predicted molar refractivity (Wildman–Crippen MR) is 59.4 cm³/mol. The van der Waals surface area contributed by atoms with Crippen LogP contribution < -0.4 is 16.8 Å². The van der Waals surface area contributed by atoms with E-state index >= 15 is 0 Å². The first-order valence-electron chi connectivity index (χ1n) is 4.75. The number of nitrogens with one attached hydrogen (secondary N) is 1.